The van der Waals surface area contributed by atoms with Crippen molar-refractivity contribution < 1.29 is 13.6 Å². The van der Waals surface area contributed by atoms with Gasteiger partial charge in [0.25, 0.3) is 11.8 Å². The number of rotatable bonds is 6. The smallest absolute Gasteiger partial charge is 0.270 e. The summed E-state index contributed by atoms with van der Waals surface area (Å²) in [6.07, 6.45) is 3.91. The number of likely N-dealkylation sites (tertiary alicyclic amines) is 1. The number of carbonyl (C=O) groups is 1. The SMILES string of the molecule is CN=CC(=C(N)C(=O)N1CC(F)(F)C[C@@H](C)C1CNc1ncc(Cl)cn1)c1ccc(Cl)cc1. The molecule has 7 nitrogen and oxygen atoms in total. The maximum Gasteiger partial charge on any atom is 0.270 e. The van der Waals surface area contributed by atoms with Crippen molar-refractivity contribution in [2.24, 2.45) is 16.6 Å². The molecule has 1 aromatic heterocycles. The Labute approximate surface area is 200 Å². The van der Waals surface area contributed by atoms with E-state index < -0.39 is 30.3 Å². The molecule has 33 heavy (non-hydrogen) atoms. The summed E-state index contributed by atoms with van der Waals surface area (Å²) in [5, 5.41) is 3.88. The van der Waals surface area contributed by atoms with Gasteiger partial charge in [-0.05, 0) is 23.6 Å². The van der Waals surface area contributed by atoms with Gasteiger partial charge in [-0.3, -0.25) is 9.79 Å². The average Bonchev–Trinajstić information content (AvgIpc) is 2.77. The van der Waals surface area contributed by atoms with Crippen LogP contribution < -0.4 is 11.1 Å². The second-order valence-corrected chi connectivity index (χ2v) is 8.74. The number of aliphatic imine (C=N–C) groups is 1. The van der Waals surface area contributed by atoms with Crippen LogP contribution in [0.15, 0.2) is 47.3 Å². The Morgan fingerprint density at radius 1 is 1.27 bits per heavy atom. The molecule has 2 heterocycles. The van der Waals surface area contributed by atoms with Crippen molar-refractivity contribution in [3.8, 4) is 0 Å². The largest absolute Gasteiger partial charge is 0.394 e. The Morgan fingerprint density at radius 2 is 1.91 bits per heavy atom. The monoisotopic (exact) mass is 496 g/mol. The Bertz CT molecular complexity index is 1040. The van der Waals surface area contributed by atoms with Gasteiger partial charge >= 0.3 is 0 Å². The highest BCUT2D eigenvalue weighted by Crippen LogP contribution is 2.35. The normalized spacial score (nSPS) is 21.1. The fraction of sp³-hybridized carbons (Fsp3) is 0.364. The molecule has 1 aliphatic rings. The number of nitrogens with one attached hydrogen (secondary N) is 1. The number of hydrogen-bond donors (Lipinski definition) is 2. The molecule has 1 amide bonds. The highest BCUT2D eigenvalue weighted by atomic mass is 35.5. The minimum atomic E-state index is -3.04. The van der Waals surface area contributed by atoms with Gasteiger partial charge < -0.3 is 16.0 Å². The van der Waals surface area contributed by atoms with Gasteiger partial charge in [-0.1, -0.05) is 42.3 Å². The minimum absolute atomic E-state index is 0.163. The Kier molecular flexibility index (Phi) is 7.86. The van der Waals surface area contributed by atoms with Crippen molar-refractivity contribution in [1.29, 1.82) is 0 Å². The summed E-state index contributed by atoms with van der Waals surface area (Å²) in [7, 11) is 1.53. The summed E-state index contributed by atoms with van der Waals surface area (Å²) in [4.78, 5) is 26.6. The van der Waals surface area contributed by atoms with Gasteiger partial charge in [-0.25, -0.2) is 18.7 Å². The minimum Gasteiger partial charge on any atom is -0.394 e. The predicted molar refractivity (Wildman–Crippen MR) is 127 cm³/mol. The van der Waals surface area contributed by atoms with Crippen LogP contribution in [-0.4, -0.2) is 59.1 Å². The van der Waals surface area contributed by atoms with E-state index in [2.05, 4.69) is 20.3 Å². The van der Waals surface area contributed by atoms with E-state index in [1.165, 1.54) is 25.7 Å². The van der Waals surface area contributed by atoms with Crippen LogP contribution in [0.25, 0.3) is 5.57 Å². The predicted octanol–water partition coefficient (Wildman–Crippen LogP) is 4.14. The molecular weight excluding hydrogens is 473 g/mol. The highest BCUT2D eigenvalue weighted by molar-refractivity contribution is 6.30. The summed E-state index contributed by atoms with van der Waals surface area (Å²) in [5.41, 5.74) is 6.97. The summed E-state index contributed by atoms with van der Waals surface area (Å²) in [5.74, 6) is -3.97. The van der Waals surface area contributed by atoms with Crippen molar-refractivity contribution in [2.75, 3.05) is 25.5 Å². The van der Waals surface area contributed by atoms with Gasteiger partial charge in [0, 0.05) is 36.8 Å². The first kappa shape index (κ1) is 24.9. The van der Waals surface area contributed by atoms with Gasteiger partial charge in [0.2, 0.25) is 5.95 Å². The molecule has 176 valence electrons. The van der Waals surface area contributed by atoms with Crippen molar-refractivity contribution in [1.82, 2.24) is 14.9 Å². The molecule has 2 atom stereocenters. The van der Waals surface area contributed by atoms with E-state index in [0.717, 1.165) is 4.90 Å². The van der Waals surface area contributed by atoms with Crippen LogP contribution in [0.4, 0.5) is 14.7 Å². The zero-order chi connectivity index (χ0) is 24.2. The van der Waals surface area contributed by atoms with E-state index in [0.29, 0.717) is 21.2 Å². The van der Waals surface area contributed by atoms with E-state index in [9.17, 15) is 13.6 Å². The fourth-order valence-corrected chi connectivity index (χ4v) is 4.03. The van der Waals surface area contributed by atoms with Crippen LogP contribution in [0.5, 0.6) is 0 Å². The van der Waals surface area contributed by atoms with Crippen LogP contribution in [0.1, 0.15) is 18.9 Å². The van der Waals surface area contributed by atoms with E-state index in [-0.39, 0.29) is 24.6 Å². The van der Waals surface area contributed by atoms with Crippen LogP contribution in [0.2, 0.25) is 10.0 Å². The molecule has 0 aliphatic carbocycles. The maximum absolute atomic E-state index is 14.5. The van der Waals surface area contributed by atoms with Crippen molar-refractivity contribution >= 4 is 46.8 Å². The lowest BCUT2D eigenvalue weighted by molar-refractivity contribution is -0.148. The molecule has 0 radical (unpaired) electrons. The molecule has 1 aromatic carbocycles. The number of hydrogen-bond acceptors (Lipinski definition) is 6. The van der Waals surface area contributed by atoms with Gasteiger partial charge in [0.15, 0.2) is 0 Å². The van der Waals surface area contributed by atoms with Crippen molar-refractivity contribution in [2.45, 2.75) is 25.3 Å². The number of piperidine rings is 1. The zero-order valence-electron chi connectivity index (χ0n) is 18.1. The quantitative estimate of drug-likeness (QED) is 0.462. The summed E-state index contributed by atoms with van der Waals surface area (Å²) in [6, 6.07) is 6.09. The maximum atomic E-state index is 14.5. The molecule has 11 heteroatoms. The molecule has 1 fully saturated rings. The van der Waals surface area contributed by atoms with Crippen molar-refractivity contribution in [3.05, 3.63) is 58.0 Å². The van der Waals surface area contributed by atoms with Crippen molar-refractivity contribution in [3.63, 3.8) is 0 Å². The number of allylic oxidation sites excluding steroid dienone is 1. The number of nitrogens with zero attached hydrogens (tertiary/aromatic N) is 4. The lowest BCUT2D eigenvalue weighted by Crippen LogP contribution is -2.58. The van der Waals surface area contributed by atoms with Gasteiger partial charge in [0.1, 0.15) is 5.70 Å². The third-order valence-electron chi connectivity index (χ3n) is 5.36. The van der Waals surface area contributed by atoms with Gasteiger partial charge in [-0.15, -0.1) is 0 Å². The first-order valence-electron chi connectivity index (χ1n) is 10.2. The number of nitrogens with two attached hydrogens (primary N) is 1. The molecule has 3 N–H and O–H groups in total. The number of amides is 1. The topological polar surface area (TPSA) is 96.5 Å². The number of alkyl halides is 2. The number of halogens is 4. The Morgan fingerprint density at radius 3 is 2.52 bits per heavy atom. The molecule has 1 saturated heterocycles. The number of benzene rings is 1. The highest BCUT2D eigenvalue weighted by Gasteiger charge is 2.46. The Balaban J connectivity index is 1.92. The van der Waals surface area contributed by atoms with Gasteiger partial charge in [-0.2, -0.15) is 0 Å². The summed E-state index contributed by atoms with van der Waals surface area (Å²) >= 11 is 11.8. The molecule has 3 rings (SSSR count). The third-order valence-corrected chi connectivity index (χ3v) is 5.81. The summed E-state index contributed by atoms with van der Waals surface area (Å²) in [6.45, 7) is 1.09. The molecular formula is C22H24Cl2F2N6O. The molecule has 0 bridgehead atoms. The van der Waals surface area contributed by atoms with Gasteiger partial charge in [0.05, 0.1) is 30.0 Å². The van der Waals surface area contributed by atoms with Crippen LogP contribution >= 0.6 is 23.2 Å². The molecule has 2 aromatic rings. The zero-order valence-corrected chi connectivity index (χ0v) is 19.6. The second kappa shape index (κ2) is 10.4. The van der Waals surface area contributed by atoms with Crippen LogP contribution in [0.3, 0.4) is 0 Å². The number of anilines is 1. The second-order valence-electron chi connectivity index (χ2n) is 7.87. The third kappa shape index (κ3) is 6.17. The molecule has 0 spiro atoms. The fourth-order valence-electron chi connectivity index (χ4n) is 3.81. The lowest BCUT2D eigenvalue weighted by Gasteiger charge is -2.43. The Hall–Kier alpha value is -2.78. The first-order chi connectivity index (χ1) is 15.6. The lowest BCUT2D eigenvalue weighted by atomic mass is 9.88. The molecule has 1 unspecified atom stereocenters. The number of carbonyl (C=O) groups excluding carboxylic acids is 1. The van der Waals surface area contributed by atoms with E-state index in [1.807, 2.05) is 0 Å². The average molecular weight is 497 g/mol. The summed E-state index contributed by atoms with van der Waals surface area (Å²) < 4.78 is 28.9. The van der Waals surface area contributed by atoms with Crippen LogP contribution in [0, 0.1) is 5.92 Å². The number of aromatic nitrogens is 2. The van der Waals surface area contributed by atoms with E-state index in [4.69, 9.17) is 28.9 Å². The first-order valence-corrected chi connectivity index (χ1v) is 10.9. The molecule has 1 aliphatic heterocycles. The van der Waals surface area contributed by atoms with E-state index in [1.54, 1.807) is 31.2 Å². The van der Waals surface area contributed by atoms with Crippen LogP contribution in [-0.2, 0) is 4.79 Å². The molecule has 0 saturated carbocycles. The standard InChI is InChI=1S/C22H24Cl2F2N6O/c1-13-7-22(25,26)12-32(18(13)11-31-21-29-8-16(24)9-30-21)20(33)19(27)17(10-28-2)14-3-5-15(23)6-4-14/h3-6,8-10,13,18H,7,11-12,27H2,1-2H3,(H,29,30,31)/t13-,18?/m1/s1. The van der Waals surface area contributed by atoms with E-state index >= 15 is 0 Å².